The van der Waals surface area contributed by atoms with Crippen LogP contribution >= 0.6 is 0 Å². The van der Waals surface area contributed by atoms with Gasteiger partial charge in [0.25, 0.3) is 0 Å². The number of benzene rings is 2. The van der Waals surface area contributed by atoms with Crippen LogP contribution in [0, 0.1) is 0 Å². The van der Waals surface area contributed by atoms with E-state index < -0.39 is 10.0 Å². The second kappa shape index (κ2) is 7.89. The van der Waals surface area contributed by atoms with Crippen molar-refractivity contribution in [1.29, 1.82) is 0 Å². The molecule has 0 unspecified atom stereocenters. The summed E-state index contributed by atoms with van der Waals surface area (Å²) in [4.78, 5) is 12.0. The van der Waals surface area contributed by atoms with Crippen molar-refractivity contribution in [3.05, 3.63) is 71.8 Å². The molecule has 0 aliphatic carbocycles. The molecule has 0 aliphatic heterocycles. The van der Waals surface area contributed by atoms with E-state index in [0.29, 0.717) is 6.54 Å². The maximum atomic E-state index is 12.0. The Labute approximate surface area is 137 Å². The molecule has 5 nitrogen and oxygen atoms in total. The Bertz CT molecular complexity index is 731. The Hall–Kier alpha value is -2.18. The summed E-state index contributed by atoms with van der Waals surface area (Å²) in [6, 6.07) is 18.7. The molecule has 0 saturated carbocycles. The van der Waals surface area contributed by atoms with E-state index in [-0.39, 0.29) is 19.0 Å². The topological polar surface area (TPSA) is 66.5 Å². The summed E-state index contributed by atoms with van der Waals surface area (Å²) in [6.07, 6.45) is 1.11. The normalized spacial score (nSPS) is 11.4. The molecule has 2 rings (SSSR count). The molecule has 0 atom stereocenters. The van der Waals surface area contributed by atoms with Crippen molar-refractivity contribution in [3.63, 3.8) is 0 Å². The number of nitrogens with zero attached hydrogens (tertiary/aromatic N) is 1. The number of hydrogen-bond donors (Lipinski definition) is 1. The SMILES string of the molecule is CS(=O)(=O)N(CC(=O)NCc1ccccc1)Cc1ccccc1. The van der Waals surface area contributed by atoms with Gasteiger partial charge in [-0.1, -0.05) is 60.7 Å². The highest BCUT2D eigenvalue weighted by atomic mass is 32.2. The van der Waals surface area contributed by atoms with Crippen LogP contribution in [-0.4, -0.2) is 31.4 Å². The van der Waals surface area contributed by atoms with Crippen LogP contribution in [0.3, 0.4) is 0 Å². The summed E-state index contributed by atoms with van der Waals surface area (Å²) in [6.45, 7) is 0.363. The molecular weight excluding hydrogens is 312 g/mol. The van der Waals surface area contributed by atoms with Gasteiger partial charge in [-0.25, -0.2) is 8.42 Å². The average Bonchev–Trinajstić information content (AvgIpc) is 2.53. The van der Waals surface area contributed by atoms with Gasteiger partial charge < -0.3 is 5.32 Å². The van der Waals surface area contributed by atoms with Crippen molar-refractivity contribution in [3.8, 4) is 0 Å². The van der Waals surface area contributed by atoms with Gasteiger partial charge in [0, 0.05) is 13.1 Å². The van der Waals surface area contributed by atoms with E-state index in [1.165, 1.54) is 4.31 Å². The standard InChI is InChI=1S/C17H20N2O3S/c1-23(21,22)19(13-16-10-6-3-7-11-16)14-17(20)18-12-15-8-4-2-5-9-15/h2-11H,12-14H2,1H3,(H,18,20). The van der Waals surface area contributed by atoms with Crippen LogP contribution < -0.4 is 5.32 Å². The molecule has 0 spiro atoms. The third-order valence-electron chi connectivity index (χ3n) is 3.32. The van der Waals surface area contributed by atoms with E-state index >= 15 is 0 Å². The van der Waals surface area contributed by atoms with Crippen LogP contribution in [0.1, 0.15) is 11.1 Å². The zero-order valence-electron chi connectivity index (χ0n) is 13.0. The van der Waals surface area contributed by atoms with Gasteiger partial charge in [0.1, 0.15) is 0 Å². The molecule has 1 amide bonds. The first kappa shape index (κ1) is 17.2. The second-order valence-corrected chi connectivity index (χ2v) is 7.26. The molecule has 23 heavy (non-hydrogen) atoms. The molecule has 0 aromatic heterocycles. The van der Waals surface area contributed by atoms with Crippen molar-refractivity contribution < 1.29 is 13.2 Å². The maximum absolute atomic E-state index is 12.0. The zero-order chi connectivity index (χ0) is 16.7. The van der Waals surface area contributed by atoms with E-state index in [0.717, 1.165) is 17.4 Å². The van der Waals surface area contributed by atoms with Crippen LogP contribution in [-0.2, 0) is 27.9 Å². The molecule has 122 valence electrons. The first-order chi connectivity index (χ1) is 10.9. The minimum atomic E-state index is -3.47. The fourth-order valence-electron chi connectivity index (χ4n) is 2.09. The summed E-state index contributed by atoms with van der Waals surface area (Å²) >= 11 is 0. The van der Waals surface area contributed by atoms with Gasteiger partial charge in [0.05, 0.1) is 12.8 Å². The van der Waals surface area contributed by atoms with Crippen molar-refractivity contribution in [2.24, 2.45) is 0 Å². The molecule has 1 N–H and O–H groups in total. The summed E-state index contributed by atoms with van der Waals surface area (Å²) in [7, 11) is -3.47. The number of hydrogen-bond acceptors (Lipinski definition) is 3. The fraction of sp³-hybridized carbons (Fsp3) is 0.235. The van der Waals surface area contributed by atoms with E-state index in [1.807, 2.05) is 60.7 Å². The van der Waals surface area contributed by atoms with Gasteiger partial charge in [0.15, 0.2) is 0 Å². The number of rotatable bonds is 7. The van der Waals surface area contributed by atoms with E-state index in [2.05, 4.69) is 5.32 Å². The molecular formula is C17H20N2O3S. The first-order valence-corrected chi connectivity index (χ1v) is 9.09. The van der Waals surface area contributed by atoms with Gasteiger partial charge in [-0.2, -0.15) is 4.31 Å². The number of nitrogens with one attached hydrogen (secondary N) is 1. The van der Waals surface area contributed by atoms with Gasteiger partial charge >= 0.3 is 0 Å². The summed E-state index contributed by atoms with van der Waals surface area (Å²) in [5.74, 6) is -0.324. The average molecular weight is 332 g/mol. The van der Waals surface area contributed by atoms with Crippen LogP contribution in [0.25, 0.3) is 0 Å². The predicted molar refractivity (Wildman–Crippen MR) is 90.0 cm³/mol. The lowest BCUT2D eigenvalue weighted by Gasteiger charge is -2.19. The van der Waals surface area contributed by atoms with Crippen molar-refractivity contribution in [1.82, 2.24) is 9.62 Å². The van der Waals surface area contributed by atoms with Crippen LogP contribution in [0.4, 0.5) is 0 Å². The van der Waals surface area contributed by atoms with Crippen LogP contribution in [0.2, 0.25) is 0 Å². The van der Waals surface area contributed by atoms with Crippen molar-refractivity contribution in [2.75, 3.05) is 12.8 Å². The first-order valence-electron chi connectivity index (χ1n) is 7.25. The van der Waals surface area contributed by atoms with Gasteiger partial charge in [-0.05, 0) is 11.1 Å². The highest BCUT2D eigenvalue weighted by Gasteiger charge is 2.20. The lowest BCUT2D eigenvalue weighted by atomic mass is 10.2. The Morgan fingerprint density at radius 3 is 2.00 bits per heavy atom. The monoisotopic (exact) mass is 332 g/mol. The van der Waals surface area contributed by atoms with E-state index in [9.17, 15) is 13.2 Å². The largest absolute Gasteiger partial charge is 0.351 e. The quantitative estimate of drug-likeness (QED) is 0.840. The Kier molecular flexibility index (Phi) is 5.90. The highest BCUT2D eigenvalue weighted by Crippen LogP contribution is 2.08. The number of carbonyl (C=O) groups excluding carboxylic acids is 1. The van der Waals surface area contributed by atoms with Crippen molar-refractivity contribution in [2.45, 2.75) is 13.1 Å². The van der Waals surface area contributed by atoms with Crippen LogP contribution in [0.5, 0.6) is 0 Å². The Morgan fingerprint density at radius 2 is 1.48 bits per heavy atom. The molecule has 0 fully saturated rings. The Balaban J connectivity index is 1.96. The van der Waals surface area contributed by atoms with E-state index in [4.69, 9.17) is 0 Å². The summed E-state index contributed by atoms with van der Waals surface area (Å²) in [5, 5.41) is 2.74. The third-order valence-corrected chi connectivity index (χ3v) is 4.52. The minimum absolute atomic E-state index is 0.179. The molecule has 2 aromatic rings. The highest BCUT2D eigenvalue weighted by molar-refractivity contribution is 7.88. The number of carbonyl (C=O) groups is 1. The third kappa shape index (κ3) is 5.84. The molecule has 6 heteroatoms. The zero-order valence-corrected chi connectivity index (χ0v) is 13.8. The molecule has 0 radical (unpaired) electrons. The molecule has 2 aromatic carbocycles. The fourth-order valence-corrected chi connectivity index (χ4v) is 2.83. The summed E-state index contributed by atoms with van der Waals surface area (Å²) < 4.78 is 25.0. The van der Waals surface area contributed by atoms with E-state index in [1.54, 1.807) is 0 Å². The molecule has 0 bridgehead atoms. The lowest BCUT2D eigenvalue weighted by Crippen LogP contribution is -2.39. The number of amides is 1. The molecule has 0 heterocycles. The van der Waals surface area contributed by atoms with Gasteiger partial charge in [-0.3, -0.25) is 4.79 Å². The lowest BCUT2D eigenvalue weighted by molar-refractivity contribution is -0.121. The smallest absolute Gasteiger partial charge is 0.235 e. The maximum Gasteiger partial charge on any atom is 0.235 e. The molecule has 0 aliphatic rings. The van der Waals surface area contributed by atoms with Gasteiger partial charge in [0.2, 0.25) is 15.9 Å². The Morgan fingerprint density at radius 1 is 0.957 bits per heavy atom. The van der Waals surface area contributed by atoms with Gasteiger partial charge in [-0.15, -0.1) is 0 Å². The number of sulfonamides is 1. The summed E-state index contributed by atoms with van der Waals surface area (Å²) in [5.41, 5.74) is 1.81. The predicted octanol–water partition coefficient (Wildman–Crippen LogP) is 1.76. The van der Waals surface area contributed by atoms with Crippen molar-refractivity contribution >= 4 is 15.9 Å². The molecule has 0 saturated heterocycles. The van der Waals surface area contributed by atoms with Crippen LogP contribution in [0.15, 0.2) is 60.7 Å². The minimum Gasteiger partial charge on any atom is -0.351 e. The second-order valence-electron chi connectivity index (χ2n) is 5.28.